The van der Waals surface area contributed by atoms with Gasteiger partial charge in [-0.25, -0.2) is 4.68 Å². The molecule has 1 aromatic heterocycles. The third kappa shape index (κ3) is 5.71. The Kier molecular flexibility index (Phi) is 7.13. The van der Waals surface area contributed by atoms with Crippen molar-refractivity contribution in [3.8, 4) is 0 Å². The smallest absolute Gasteiger partial charge is 0.257 e. The topological polar surface area (TPSA) is 111 Å². The van der Waals surface area contributed by atoms with E-state index in [4.69, 9.17) is 4.74 Å². The minimum absolute atomic E-state index is 0.102. The molecule has 32 heavy (non-hydrogen) atoms. The molecule has 2 N–H and O–H groups in total. The predicted octanol–water partition coefficient (Wildman–Crippen LogP) is 3.14. The second-order valence-corrected chi connectivity index (χ2v) is 8.43. The zero-order chi connectivity index (χ0) is 22.3. The summed E-state index contributed by atoms with van der Waals surface area (Å²) in [7, 11) is 0. The molecular weight excluding hydrogens is 428 g/mol. The fourth-order valence-corrected chi connectivity index (χ4v) is 4.11. The van der Waals surface area contributed by atoms with Gasteiger partial charge in [0, 0.05) is 12.3 Å². The molecule has 2 amide bonds. The zero-order valence-corrected chi connectivity index (χ0v) is 18.5. The summed E-state index contributed by atoms with van der Waals surface area (Å²) in [5.74, 6) is -0.433. The van der Waals surface area contributed by atoms with Gasteiger partial charge in [-0.15, -0.1) is 5.10 Å². The van der Waals surface area contributed by atoms with Crippen molar-refractivity contribution in [2.45, 2.75) is 37.6 Å². The number of nitrogens with zero attached hydrogens (tertiary/aromatic N) is 4. The normalized spacial score (nSPS) is 15.5. The highest BCUT2D eigenvalue weighted by molar-refractivity contribution is 7.99. The summed E-state index contributed by atoms with van der Waals surface area (Å²) >= 11 is 1.24. The van der Waals surface area contributed by atoms with Gasteiger partial charge >= 0.3 is 0 Å². The lowest BCUT2D eigenvalue weighted by Crippen LogP contribution is -2.20. The third-order valence-electron chi connectivity index (χ3n) is 4.95. The van der Waals surface area contributed by atoms with Crippen molar-refractivity contribution in [1.82, 2.24) is 20.2 Å². The average molecular weight is 453 g/mol. The highest BCUT2D eigenvalue weighted by Crippen LogP contribution is 2.21. The van der Waals surface area contributed by atoms with Gasteiger partial charge in [-0.1, -0.05) is 36.0 Å². The first kappa shape index (κ1) is 22.0. The van der Waals surface area contributed by atoms with Crippen LogP contribution in [0.15, 0.2) is 53.7 Å². The minimum atomic E-state index is -0.292. The molecule has 9 nitrogen and oxygen atoms in total. The van der Waals surface area contributed by atoms with Gasteiger partial charge in [-0.05, 0) is 60.0 Å². The average Bonchev–Trinajstić information content (AvgIpc) is 3.45. The Labute approximate surface area is 189 Å². The Hall–Kier alpha value is -3.24. The Bertz CT molecular complexity index is 1100. The summed E-state index contributed by atoms with van der Waals surface area (Å²) in [6.07, 6.45) is 2.12. The Balaban J connectivity index is 1.36. The van der Waals surface area contributed by atoms with Gasteiger partial charge < -0.3 is 15.4 Å². The lowest BCUT2D eigenvalue weighted by molar-refractivity contribution is -0.113. The van der Waals surface area contributed by atoms with Crippen LogP contribution in [0.3, 0.4) is 0 Å². The first-order valence-electron chi connectivity index (χ1n) is 10.4. The van der Waals surface area contributed by atoms with Crippen molar-refractivity contribution in [2.75, 3.05) is 23.0 Å². The molecule has 1 unspecified atom stereocenters. The monoisotopic (exact) mass is 452 g/mol. The van der Waals surface area contributed by atoms with Gasteiger partial charge in [-0.3, -0.25) is 9.59 Å². The molecule has 0 spiro atoms. The van der Waals surface area contributed by atoms with Crippen LogP contribution in [0.2, 0.25) is 0 Å². The number of nitrogens with one attached hydrogen (secondary N) is 2. The molecule has 1 aliphatic heterocycles. The van der Waals surface area contributed by atoms with E-state index in [1.807, 2.05) is 31.2 Å². The number of thioether (sulfide) groups is 1. The van der Waals surface area contributed by atoms with Gasteiger partial charge in [0.25, 0.3) is 5.91 Å². The van der Waals surface area contributed by atoms with Crippen LogP contribution < -0.4 is 10.6 Å². The van der Waals surface area contributed by atoms with Crippen LogP contribution in [0, 0.1) is 6.92 Å². The van der Waals surface area contributed by atoms with Crippen molar-refractivity contribution in [3.63, 3.8) is 0 Å². The maximum atomic E-state index is 12.8. The SMILES string of the molecule is Cc1cccc(NC(=O)c2ccccc2NC(=O)CSc2nnnn2CC2CCCO2)c1. The number of hydrogen-bond donors (Lipinski definition) is 2. The molecule has 0 radical (unpaired) electrons. The number of para-hydroxylation sites is 1. The number of tetrazole rings is 1. The number of amides is 2. The molecule has 4 rings (SSSR count). The van der Waals surface area contributed by atoms with Crippen molar-refractivity contribution in [1.29, 1.82) is 0 Å². The van der Waals surface area contributed by atoms with Crippen LogP contribution in [0.4, 0.5) is 11.4 Å². The first-order chi connectivity index (χ1) is 15.6. The first-order valence-corrected chi connectivity index (χ1v) is 11.3. The van der Waals surface area contributed by atoms with E-state index in [9.17, 15) is 9.59 Å². The molecule has 0 bridgehead atoms. The van der Waals surface area contributed by atoms with Crippen LogP contribution in [0.1, 0.15) is 28.8 Å². The second kappa shape index (κ2) is 10.4. The van der Waals surface area contributed by atoms with Crippen molar-refractivity contribution < 1.29 is 14.3 Å². The third-order valence-corrected chi connectivity index (χ3v) is 5.91. The van der Waals surface area contributed by atoms with Crippen molar-refractivity contribution >= 4 is 35.0 Å². The Morgan fingerprint density at radius 3 is 2.88 bits per heavy atom. The Morgan fingerprint density at radius 2 is 2.06 bits per heavy atom. The summed E-state index contributed by atoms with van der Waals surface area (Å²) in [4.78, 5) is 25.3. The van der Waals surface area contributed by atoms with E-state index in [2.05, 4.69) is 26.2 Å². The summed E-state index contributed by atoms with van der Waals surface area (Å²) in [6.45, 7) is 3.28. The van der Waals surface area contributed by atoms with Crippen molar-refractivity contribution in [3.05, 3.63) is 59.7 Å². The molecule has 3 aromatic rings. The molecule has 1 aliphatic rings. The van der Waals surface area contributed by atoms with E-state index in [0.717, 1.165) is 25.0 Å². The predicted molar refractivity (Wildman–Crippen MR) is 122 cm³/mol. The van der Waals surface area contributed by atoms with E-state index in [-0.39, 0.29) is 23.7 Å². The molecule has 0 saturated carbocycles. The highest BCUT2D eigenvalue weighted by Gasteiger charge is 2.20. The number of aromatic nitrogens is 4. The van der Waals surface area contributed by atoms with Gasteiger partial charge in [0.15, 0.2) is 0 Å². The summed E-state index contributed by atoms with van der Waals surface area (Å²) in [5.41, 5.74) is 2.57. The van der Waals surface area contributed by atoms with Crippen LogP contribution in [0.25, 0.3) is 0 Å². The van der Waals surface area contributed by atoms with Crippen LogP contribution in [-0.2, 0) is 16.1 Å². The molecule has 2 aromatic carbocycles. The molecule has 1 atom stereocenters. The van der Waals surface area contributed by atoms with Gasteiger partial charge in [0.05, 0.1) is 29.7 Å². The second-order valence-electron chi connectivity index (χ2n) is 7.48. The van der Waals surface area contributed by atoms with Gasteiger partial charge in [0.1, 0.15) is 0 Å². The minimum Gasteiger partial charge on any atom is -0.376 e. The van der Waals surface area contributed by atoms with Gasteiger partial charge in [0.2, 0.25) is 11.1 Å². The number of rotatable bonds is 8. The number of anilines is 2. The van der Waals surface area contributed by atoms with Crippen LogP contribution in [-0.4, -0.2) is 50.5 Å². The largest absolute Gasteiger partial charge is 0.376 e. The van der Waals surface area contributed by atoms with E-state index in [1.165, 1.54) is 11.8 Å². The maximum absolute atomic E-state index is 12.8. The summed E-state index contributed by atoms with van der Waals surface area (Å²) in [6, 6.07) is 14.5. The van der Waals surface area contributed by atoms with E-state index in [1.54, 1.807) is 28.9 Å². The lowest BCUT2D eigenvalue weighted by Gasteiger charge is -2.12. The molecule has 0 aliphatic carbocycles. The maximum Gasteiger partial charge on any atom is 0.257 e. The Morgan fingerprint density at radius 1 is 1.19 bits per heavy atom. The summed E-state index contributed by atoms with van der Waals surface area (Å²) in [5, 5.41) is 18.0. The van der Waals surface area contributed by atoms with Crippen LogP contribution >= 0.6 is 11.8 Å². The molecular formula is C22H24N6O3S. The van der Waals surface area contributed by atoms with Crippen molar-refractivity contribution in [2.24, 2.45) is 0 Å². The van der Waals surface area contributed by atoms with Crippen LogP contribution in [0.5, 0.6) is 0 Å². The molecule has 2 heterocycles. The highest BCUT2D eigenvalue weighted by atomic mass is 32.2. The van der Waals surface area contributed by atoms with E-state index >= 15 is 0 Å². The fraction of sp³-hybridized carbons (Fsp3) is 0.318. The fourth-order valence-electron chi connectivity index (χ4n) is 3.42. The summed E-state index contributed by atoms with van der Waals surface area (Å²) < 4.78 is 7.29. The number of carbonyl (C=O) groups excluding carboxylic acids is 2. The molecule has 166 valence electrons. The number of benzene rings is 2. The van der Waals surface area contributed by atoms with E-state index < -0.39 is 0 Å². The standard InChI is InChI=1S/C22H24N6O3S/c1-15-6-4-7-16(12-15)23-21(30)18-9-2-3-10-19(18)24-20(29)14-32-22-25-26-27-28(22)13-17-8-5-11-31-17/h2-4,6-7,9-10,12,17H,5,8,11,13-14H2,1H3,(H,23,30)(H,24,29). The molecule has 10 heteroatoms. The zero-order valence-electron chi connectivity index (χ0n) is 17.7. The van der Waals surface area contributed by atoms with E-state index in [0.29, 0.717) is 28.6 Å². The number of ether oxygens (including phenoxy) is 1. The number of carbonyl (C=O) groups is 2. The van der Waals surface area contributed by atoms with Gasteiger partial charge in [-0.2, -0.15) is 0 Å². The number of hydrogen-bond acceptors (Lipinski definition) is 7. The number of aryl methyl sites for hydroxylation is 1. The molecule has 1 saturated heterocycles. The molecule has 1 fully saturated rings. The quantitative estimate of drug-likeness (QED) is 0.505. The lowest BCUT2D eigenvalue weighted by atomic mass is 10.1.